The molecule has 0 radical (unpaired) electrons. The summed E-state index contributed by atoms with van der Waals surface area (Å²) in [4.78, 5) is 0. The highest BCUT2D eigenvalue weighted by Crippen LogP contribution is 2.19. The second-order valence-electron chi connectivity index (χ2n) is 4.39. The van der Waals surface area contributed by atoms with Crippen molar-refractivity contribution in [2.45, 2.75) is 44.8 Å². The number of nitrogens with zero attached hydrogens (tertiary/aromatic N) is 1. The molecule has 4 heteroatoms. The first-order valence-corrected chi connectivity index (χ1v) is 6.26. The number of H-pyrrole nitrogens is 1. The zero-order chi connectivity index (χ0) is 11.1. The zero-order valence-electron chi connectivity index (χ0n) is 9.74. The Morgan fingerprint density at radius 3 is 3.00 bits per heavy atom. The summed E-state index contributed by atoms with van der Waals surface area (Å²) in [5.41, 5.74) is 1.12. The molecule has 2 rings (SSSR count). The van der Waals surface area contributed by atoms with Crippen LogP contribution in [0.5, 0.6) is 0 Å². The molecule has 1 fully saturated rings. The van der Waals surface area contributed by atoms with Gasteiger partial charge in [0, 0.05) is 25.0 Å². The molecule has 16 heavy (non-hydrogen) atoms. The monoisotopic (exact) mass is 223 g/mol. The number of aromatic nitrogens is 2. The minimum absolute atomic E-state index is 0.516. The van der Waals surface area contributed by atoms with E-state index in [0.717, 1.165) is 25.4 Å². The van der Waals surface area contributed by atoms with E-state index in [1.54, 1.807) is 6.20 Å². The van der Waals surface area contributed by atoms with Gasteiger partial charge in [-0.15, -0.1) is 0 Å². The number of aromatic amines is 1. The van der Waals surface area contributed by atoms with Gasteiger partial charge in [0.2, 0.25) is 0 Å². The molecule has 0 saturated heterocycles. The fraction of sp³-hybridized carbons (Fsp3) is 0.750. The first-order chi connectivity index (χ1) is 7.95. The highest BCUT2D eigenvalue weighted by Gasteiger charge is 2.12. The van der Waals surface area contributed by atoms with Gasteiger partial charge in [0.15, 0.2) is 0 Å². The highest BCUT2D eigenvalue weighted by molar-refractivity contribution is 4.96. The maximum Gasteiger partial charge on any atom is 0.0594 e. The summed E-state index contributed by atoms with van der Waals surface area (Å²) in [6, 6.07) is 1.98. The SMILES string of the molecule is c1cc(CNCCOC2CCCCC2)[nH]n1. The molecule has 1 saturated carbocycles. The van der Waals surface area contributed by atoms with Crippen molar-refractivity contribution in [3.05, 3.63) is 18.0 Å². The largest absolute Gasteiger partial charge is 0.377 e. The summed E-state index contributed by atoms with van der Waals surface area (Å²) in [5.74, 6) is 0. The Labute approximate surface area is 96.8 Å². The van der Waals surface area contributed by atoms with E-state index >= 15 is 0 Å². The molecular weight excluding hydrogens is 202 g/mol. The molecule has 1 aromatic rings. The third-order valence-corrected chi connectivity index (χ3v) is 3.06. The van der Waals surface area contributed by atoms with Crippen LogP contribution in [0.15, 0.2) is 12.3 Å². The minimum Gasteiger partial charge on any atom is -0.377 e. The average Bonchev–Trinajstić information content (AvgIpc) is 2.83. The van der Waals surface area contributed by atoms with Gasteiger partial charge in [0.05, 0.1) is 12.7 Å². The normalized spacial score (nSPS) is 17.8. The van der Waals surface area contributed by atoms with Gasteiger partial charge in [0.25, 0.3) is 0 Å². The molecule has 90 valence electrons. The van der Waals surface area contributed by atoms with Crippen molar-refractivity contribution in [2.75, 3.05) is 13.2 Å². The zero-order valence-corrected chi connectivity index (χ0v) is 9.74. The fourth-order valence-electron chi connectivity index (χ4n) is 2.14. The Hall–Kier alpha value is -0.870. The van der Waals surface area contributed by atoms with Gasteiger partial charge < -0.3 is 10.1 Å². The second-order valence-corrected chi connectivity index (χ2v) is 4.39. The maximum atomic E-state index is 5.81. The van der Waals surface area contributed by atoms with Crippen molar-refractivity contribution in [3.63, 3.8) is 0 Å². The molecule has 1 heterocycles. The summed E-state index contributed by atoms with van der Waals surface area (Å²) in [7, 11) is 0. The van der Waals surface area contributed by atoms with E-state index in [1.165, 1.54) is 32.1 Å². The van der Waals surface area contributed by atoms with E-state index < -0.39 is 0 Å². The molecule has 0 spiro atoms. The summed E-state index contributed by atoms with van der Waals surface area (Å²) in [6.07, 6.45) is 8.86. The Morgan fingerprint density at radius 1 is 1.38 bits per heavy atom. The van der Waals surface area contributed by atoms with Crippen LogP contribution < -0.4 is 5.32 Å². The van der Waals surface area contributed by atoms with Gasteiger partial charge in [-0.1, -0.05) is 19.3 Å². The summed E-state index contributed by atoms with van der Waals surface area (Å²) in [6.45, 7) is 2.57. The summed E-state index contributed by atoms with van der Waals surface area (Å²) >= 11 is 0. The molecule has 2 N–H and O–H groups in total. The lowest BCUT2D eigenvalue weighted by Crippen LogP contribution is -2.24. The first-order valence-electron chi connectivity index (χ1n) is 6.26. The second kappa shape index (κ2) is 6.66. The van der Waals surface area contributed by atoms with E-state index in [9.17, 15) is 0 Å². The molecular formula is C12H21N3O. The predicted octanol–water partition coefficient (Wildman–Crippen LogP) is 1.85. The van der Waals surface area contributed by atoms with Gasteiger partial charge in [-0.3, -0.25) is 5.10 Å². The number of hydrogen-bond acceptors (Lipinski definition) is 3. The molecule has 1 aliphatic carbocycles. The van der Waals surface area contributed by atoms with Crippen molar-refractivity contribution in [1.82, 2.24) is 15.5 Å². The van der Waals surface area contributed by atoms with Crippen molar-refractivity contribution < 1.29 is 4.74 Å². The Balaban J connectivity index is 1.48. The number of nitrogens with one attached hydrogen (secondary N) is 2. The molecule has 0 unspecified atom stereocenters. The van der Waals surface area contributed by atoms with Crippen LogP contribution in [0.1, 0.15) is 37.8 Å². The van der Waals surface area contributed by atoms with E-state index in [0.29, 0.717) is 6.10 Å². The third-order valence-electron chi connectivity index (χ3n) is 3.06. The summed E-state index contributed by atoms with van der Waals surface area (Å²) in [5, 5.41) is 10.2. The molecule has 0 atom stereocenters. The van der Waals surface area contributed by atoms with Crippen molar-refractivity contribution >= 4 is 0 Å². The molecule has 1 aromatic heterocycles. The van der Waals surface area contributed by atoms with Crippen LogP contribution >= 0.6 is 0 Å². The molecule has 1 aliphatic rings. The fourth-order valence-corrected chi connectivity index (χ4v) is 2.14. The standard InChI is InChI=1S/C12H21N3O/c1-2-4-12(5-3-1)16-9-8-13-10-11-6-7-14-15-11/h6-7,12-13H,1-5,8-10H2,(H,14,15). The Bertz CT molecular complexity index is 268. The smallest absolute Gasteiger partial charge is 0.0594 e. The predicted molar refractivity (Wildman–Crippen MR) is 63.1 cm³/mol. The number of rotatable bonds is 6. The number of hydrogen-bond donors (Lipinski definition) is 2. The molecule has 0 bridgehead atoms. The molecule has 0 aliphatic heterocycles. The van der Waals surface area contributed by atoms with Crippen LogP contribution in [0.3, 0.4) is 0 Å². The van der Waals surface area contributed by atoms with E-state index in [4.69, 9.17) is 4.74 Å². The average molecular weight is 223 g/mol. The topological polar surface area (TPSA) is 49.9 Å². The quantitative estimate of drug-likeness (QED) is 0.724. The summed E-state index contributed by atoms with van der Waals surface area (Å²) < 4.78 is 5.81. The van der Waals surface area contributed by atoms with E-state index in [-0.39, 0.29) is 0 Å². The molecule has 4 nitrogen and oxygen atoms in total. The van der Waals surface area contributed by atoms with Crippen LogP contribution in [0.4, 0.5) is 0 Å². The van der Waals surface area contributed by atoms with Gasteiger partial charge in [-0.05, 0) is 18.9 Å². The molecule has 0 aromatic carbocycles. The van der Waals surface area contributed by atoms with Crippen molar-refractivity contribution in [1.29, 1.82) is 0 Å². The Morgan fingerprint density at radius 2 is 2.25 bits per heavy atom. The van der Waals surface area contributed by atoms with E-state index in [2.05, 4.69) is 15.5 Å². The molecule has 0 amide bonds. The van der Waals surface area contributed by atoms with Gasteiger partial charge in [0.1, 0.15) is 0 Å². The van der Waals surface area contributed by atoms with Crippen LogP contribution in [-0.2, 0) is 11.3 Å². The third kappa shape index (κ3) is 3.94. The van der Waals surface area contributed by atoms with Crippen molar-refractivity contribution in [2.24, 2.45) is 0 Å². The lowest BCUT2D eigenvalue weighted by atomic mass is 9.98. The van der Waals surface area contributed by atoms with Gasteiger partial charge in [-0.2, -0.15) is 5.10 Å². The van der Waals surface area contributed by atoms with Gasteiger partial charge >= 0.3 is 0 Å². The maximum absolute atomic E-state index is 5.81. The minimum atomic E-state index is 0.516. The van der Waals surface area contributed by atoms with Crippen LogP contribution in [-0.4, -0.2) is 29.5 Å². The van der Waals surface area contributed by atoms with Crippen LogP contribution in [0.2, 0.25) is 0 Å². The van der Waals surface area contributed by atoms with Crippen molar-refractivity contribution in [3.8, 4) is 0 Å². The van der Waals surface area contributed by atoms with Crippen LogP contribution in [0, 0.1) is 0 Å². The lowest BCUT2D eigenvalue weighted by Gasteiger charge is -2.21. The highest BCUT2D eigenvalue weighted by atomic mass is 16.5. The van der Waals surface area contributed by atoms with Gasteiger partial charge in [-0.25, -0.2) is 0 Å². The number of ether oxygens (including phenoxy) is 1. The van der Waals surface area contributed by atoms with E-state index in [1.807, 2.05) is 6.07 Å². The van der Waals surface area contributed by atoms with Crippen LogP contribution in [0.25, 0.3) is 0 Å². The Kier molecular flexibility index (Phi) is 4.83. The first kappa shape index (κ1) is 11.6. The lowest BCUT2D eigenvalue weighted by molar-refractivity contribution is 0.0302.